The molecule has 128 valence electrons. The number of benzene rings is 1. The van der Waals surface area contributed by atoms with Crippen LogP contribution in [0.2, 0.25) is 0 Å². The van der Waals surface area contributed by atoms with Gasteiger partial charge in [0, 0.05) is 0 Å². The molecule has 0 saturated heterocycles. The highest BCUT2D eigenvalue weighted by molar-refractivity contribution is 5.77. The Hall–Kier alpha value is -1.63. The van der Waals surface area contributed by atoms with E-state index < -0.39 is 29.5 Å². The highest BCUT2D eigenvalue weighted by atomic mass is 19.4. The molecule has 1 aromatic rings. The molecule has 1 aromatic carbocycles. The standard InChI is InChI=1S/C16H19F4NO2/c17-12-6-4-11(5-7-12)14(16(18,19)20)21-13(22)10-15(23)8-2-1-3-9-15/h4-7,14,23H,1-3,8-10H2,(H,21,22). The average molecular weight is 333 g/mol. The fourth-order valence-electron chi connectivity index (χ4n) is 2.91. The van der Waals surface area contributed by atoms with Crippen LogP contribution in [0, 0.1) is 5.82 Å². The van der Waals surface area contributed by atoms with Crippen molar-refractivity contribution in [1.82, 2.24) is 5.32 Å². The number of nitrogens with one attached hydrogen (secondary N) is 1. The molecule has 1 aliphatic rings. The minimum atomic E-state index is -4.71. The molecular formula is C16H19F4NO2. The molecule has 1 atom stereocenters. The van der Waals surface area contributed by atoms with Crippen LogP contribution in [0.15, 0.2) is 24.3 Å². The average Bonchev–Trinajstić information content (AvgIpc) is 2.45. The summed E-state index contributed by atoms with van der Waals surface area (Å²) in [5, 5.41) is 12.2. The summed E-state index contributed by atoms with van der Waals surface area (Å²) in [5.41, 5.74) is -1.48. The van der Waals surface area contributed by atoms with E-state index in [0.717, 1.165) is 43.5 Å². The first-order chi connectivity index (χ1) is 10.7. The van der Waals surface area contributed by atoms with Gasteiger partial charge in [-0.1, -0.05) is 31.4 Å². The van der Waals surface area contributed by atoms with Crippen molar-refractivity contribution >= 4 is 5.91 Å². The van der Waals surface area contributed by atoms with E-state index in [2.05, 4.69) is 0 Å². The van der Waals surface area contributed by atoms with Crippen molar-refractivity contribution in [2.24, 2.45) is 0 Å². The Kier molecular flexibility index (Phi) is 5.29. The molecule has 2 rings (SSSR count). The van der Waals surface area contributed by atoms with E-state index in [1.54, 1.807) is 0 Å². The van der Waals surface area contributed by atoms with Gasteiger partial charge in [0.1, 0.15) is 5.82 Å². The van der Waals surface area contributed by atoms with Gasteiger partial charge in [-0.25, -0.2) is 4.39 Å². The van der Waals surface area contributed by atoms with Gasteiger partial charge in [-0.05, 0) is 30.5 Å². The first kappa shape index (κ1) is 17.7. The van der Waals surface area contributed by atoms with Crippen LogP contribution < -0.4 is 5.32 Å². The number of halogens is 4. The smallest absolute Gasteiger partial charge is 0.389 e. The van der Waals surface area contributed by atoms with Crippen molar-refractivity contribution in [3.05, 3.63) is 35.6 Å². The van der Waals surface area contributed by atoms with E-state index >= 15 is 0 Å². The summed E-state index contributed by atoms with van der Waals surface area (Å²) in [4.78, 5) is 12.0. The van der Waals surface area contributed by atoms with Crippen molar-refractivity contribution in [3.8, 4) is 0 Å². The molecule has 0 heterocycles. The summed E-state index contributed by atoms with van der Waals surface area (Å²) in [5.74, 6) is -1.52. The van der Waals surface area contributed by atoms with Crippen molar-refractivity contribution in [1.29, 1.82) is 0 Å². The van der Waals surface area contributed by atoms with Crippen LogP contribution in [0.5, 0.6) is 0 Å². The first-order valence-corrected chi connectivity index (χ1v) is 7.54. The predicted molar refractivity (Wildman–Crippen MR) is 76.0 cm³/mol. The van der Waals surface area contributed by atoms with Crippen LogP contribution in [0.4, 0.5) is 17.6 Å². The molecule has 2 N–H and O–H groups in total. The third-order valence-electron chi connectivity index (χ3n) is 4.11. The van der Waals surface area contributed by atoms with Gasteiger partial charge in [0.2, 0.25) is 5.91 Å². The fourth-order valence-corrected chi connectivity index (χ4v) is 2.91. The van der Waals surface area contributed by atoms with Gasteiger partial charge in [-0.3, -0.25) is 4.79 Å². The lowest BCUT2D eigenvalue weighted by Crippen LogP contribution is -2.43. The molecule has 0 aromatic heterocycles. The van der Waals surface area contributed by atoms with E-state index in [1.165, 1.54) is 0 Å². The van der Waals surface area contributed by atoms with Crippen LogP contribution in [0.3, 0.4) is 0 Å². The molecule has 1 saturated carbocycles. The monoisotopic (exact) mass is 333 g/mol. The van der Waals surface area contributed by atoms with Crippen molar-refractivity contribution in [2.45, 2.75) is 56.3 Å². The summed E-state index contributed by atoms with van der Waals surface area (Å²) in [6.07, 6.45) is -1.79. The molecule has 7 heteroatoms. The molecule has 1 aliphatic carbocycles. The summed E-state index contributed by atoms with van der Waals surface area (Å²) >= 11 is 0. The zero-order valence-corrected chi connectivity index (χ0v) is 12.5. The van der Waals surface area contributed by atoms with Crippen molar-refractivity contribution in [2.75, 3.05) is 0 Å². The highest BCUT2D eigenvalue weighted by Crippen LogP contribution is 2.34. The van der Waals surface area contributed by atoms with Gasteiger partial charge in [-0.2, -0.15) is 13.2 Å². The maximum absolute atomic E-state index is 13.2. The second kappa shape index (κ2) is 6.86. The van der Waals surface area contributed by atoms with Crippen LogP contribution in [-0.4, -0.2) is 22.8 Å². The molecule has 1 fully saturated rings. The first-order valence-electron chi connectivity index (χ1n) is 7.54. The van der Waals surface area contributed by atoms with Crippen LogP contribution in [0.1, 0.15) is 50.1 Å². The number of rotatable bonds is 4. The highest BCUT2D eigenvalue weighted by Gasteiger charge is 2.43. The Balaban J connectivity index is 2.08. The number of aliphatic hydroxyl groups is 1. The van der Waals surface area contributed by atoms with Gasteiger partial charge in [0.15, 0.2) is 6.04 Å². The molecular weight excluding hydrogens is 314 g/mol. The largest absolute Gasteiger partial charge is 0.412 e. The van der Waals surface area contributed by atoms with Crippen LogP contribution in [0.25, 0.3) is 0 Å². The lowest BCUT2D eigenvalue weighted by Gasteiger charge is -2.32. The number of hydrogen-bond acceptors (Lipinski definition) is 2. The summed E-state index contributed by atoms with van der Waals surface area (Å²) in [6.45, 7) is 0. The Morgan fingerprint density at radius 3 is 2.26 bits per heavy atom. The Morgan fingerprint density at radius 1 is 1.17 bits per heavy atom. The topological polar surface area (TPSA) is 49.3 Å². The maximum atomic E-state index is 13.2. The number of carbonyl (C=O) groups is 1. The molecule has 23 heavy (non-hydrogen) atoms. The SMILES string of the molecule is O=C(CC1(O)CCCCC1)NC(c1ccc(F)cc1)C(F)(F)F. The van der Waals surface area contributed by atoms with Crippen LogP contribution >= 0.6 is 0 Å². The van der Waals surface area contributed by atoms with Crippen molar-refractivity contribution < 1.29 is 27.5 Å². The molecule has 3 nitrogen and oxygen atoms in total. The number of carbonyl (C=O) groups excluding carboxylic acids is 1. The van der Waals surface area contributed by atoms with E-state index in [1.807, 2.05) is 5.32 Å². The minimum Gasteiger partial charge on any atom is -0.389 e. The Bertz CT molecular complexity index is 536. The Labute approximate surface area is 131 Å². The van der Waals surface area contributed by atoms with Crippen molar-refractivity contribution in [3.63, 3.8) is 0 Å². The van der Waals surface area contributed by atoms with E-state index in [0.29, 0.717) is 12.8 Å². The molecule has 0 spiro atoms. The second-order valence-electron chi connectivity index (χ2n) is 6.06. The van der Waals surface area contributed by atoms with Gasteiger partial charge in [0.05, 0.1) is 12.0 Å². The van der Waals surface area contributed by atoms with E-state index in [-0.39, 0.29) is 12.0 Å². The Morgan fingerprint density at radius 2 is 1.74 bits per heavy atom. The van der Waals surface area contributed by atoms with Gasteiger partial charge < -0.3 is 10.4 Å². The quantitative estimate of drug-likeness (QED) is 0.827. The number of amides is 1. The van der Waals surface area contributed by atoms with E-state index in [9.17, 15) is 27.5 Å². The normalized spacial score (nSPS) is 19.2. The molecule has 0 bridgehead atoms. The third-order valence-corrected chi connectivity index (χ3v) is 4.11. The fraction of sp³-hybridized carbons (Fsp3) is 0.562. The van der Waals surface area contributed by atoms with E-state index in [4.69, 9.17) is 0 Å². The molecule has 0 radical (unpaired) electrons. The van der Waals surface area contributed by atoms with Crippen LogP contribution in [-0.2, 0) is 4.79 Å². The predicted octanol–water partition coefficient (Wildman–Crippen LogP) is 3.63. The van der Waals surface area contributed by atoms with Gasteiger partial charge >= 0.3 is 6.18 Å². The number of alkyl halides is 3. The van der Waals surface area contributed by atoms with Gasteiger partial charge in [-0.15, -0.1) is 0 Å². The third kappa shape index (κ3) is 4.92. The lowest BCUT2D eigenvalue weighted by molar-refractivity contribution is -0.165. The second-order valence-corrected chi connectivity index (χ2v) is 6.06. The molecule has 1 amide bonds. The lowest BCUT2D eigenvalue weighted by atomic mass is 9.82. The minimum absolute atomic E-state index is 0.247. The zero-order chi connectivity index (χ0) is 17.1. The zero-order valence-electron chi connectivity index (χ0n) is 12.5. The summed E-state index contributed by atoms with van der Waals surface area (Å²) < 4.78 is 52.4. The summed E-state index contributed by atoms with van der Waals surface area (Å²) in [7, 11) is 0. The molecule has 1 unspecified atom stereocenters. The maximum Gasteiger partial charge on any atom is 0.412 e. The molecule has 0 aliphatic heterocycles. The number of hydrogen-bond donors (Lipinski definition) is 2. The van der Waals surface area contributed by atoms with Gasteiger partial charge in [0.25, 0.3) is 0 Å². The summed E-state index contributed by atoms with van der Waals surface area (Å²) in [6, 6.07) is 1.58.